The molecular weight excluding hydrogens is 286 g/mol. The Balaban J connectivity index is 2.38. The predicted octanol–water partition coefficient (Wildman–Crippen LogP) is 3.81. The highest BCUT2D eigenvalue weighted by molar-refractivity contribution is 9.10. The molecule has 0 radical (unpaired) electrons. The SMILES string of the molecule is NC(c1occc1Br)c1sccc1Cl. The van der Waals surface area contributed by atoms with Crippen LogP contribution in [0.1, 0.15) is 16.7 Å². The minimum absolute atomic E-state index is 0.299. The zero-order chi connectivity index (χ0) is 10.1. The van der Waals surface area contributed by atoms with Crippen LogP contribution in [0.2, 0.25) is 5.02 Å². The zero-order valence-corrected chi connectivity index (χ0v) is 10.2. The van der Waals surface area contributed by atoms with Crippen molar-refractivity contribution >= 4 is 38.9 Å². The Kier molecular flexibility index (Phi) is 2.97. The van der Waals surface area contributed by atoms with Gasteiger partial charge >= 0.3 is 0 Å². The molecule has 2 aromatic rings. The molecule has 0 aromatic carbocycles. The van der Waals surface area contributed by atoms with E-state index in [1.807, 2.05) is 17.5 Å². The molecule has 1 unspecified atom stereocenters. The van der Waals surface area contributed by atoms with E-state index in [2.05, 4.69) is 15.9 Å². The second-order valence-corrected chi connectivity index (χ2v) is 4.95. The quantitative estimate of drug-likeness (QED) is 0.914. The van der Waals surface area contributed by atoms with Crippen LogP contribution in [0.25, 0.3) is 0 Å². The molecular formula is C9H7BrClNOS. The molecule has 2 nitrogen and oxygen atoms in total. The highest BCUT2D eigenvalue weighted by Crippen LogP contribution is 2.34. The predicted molar refractivity (Wildman–Crippen MR) is 61.8 cm³/mol. The molecule has 2 aromatic heterocycles. The number of hydrogen-bond acceptors (Lipinski definition) is 3. The molecule has 0 aliphatic carbocycles. The lowest BCUT2D eigenvalue weighted by Crippen LogP contribution is -2.10. The molecule has 0 spiro atoms. The molecule has 5 heteroatoms. The van der Waals surface area contributed by atoms with Gasteiger partial charge in [-0.15, -0.1) is 11.3 Å². The topological polar surface area (TPSA) is 39.2 Å². The Morgan fingerprint density at radius 3 is 2.79 bits per heavy atom. The Morgan fingerprint density at radius 1 is 1.50 bits per heavy atom. The van der Waals surface area contributed by atoms with E-state index in [1.165, 1.54) is 11.3 Å². The minimum atomic E-state index is -0.299. The van der Waals surface area contributed by atoms with E-state index < -0.39 is 0 Å². The first kappa shape index (κ1) is 10.2. The number of nitrogens with two attached hydrogens (primary N) is 1. The average Bonchev–Trinajstić information content (AvgIpc) is 2.73. The fraction of sp³-hybridized carbons (Fsp3) is 0.111. The maximum atomic E-state index is 6.01. The third-order valence-electron chi connectivity index (χ3n) is 1.85. The molecule has 0 fully saturated rings. The van der Waals surface area contributed by atoms with Crippen molar-refractivity contribution in [2.75, 3.05) is 0 Å². The lowest BCUT2D eigenvalue weighted by atomic mass is 10.2. The summed E-state index contributed by atoms with van der Waals surface area (Å²) in [5, 5.41) is 2.60. The lowest BCUT2D eigenvalue weighted by molar-refractivity contribution is 0.489. The van der Waals surface area contributed by atoms with Crippen LogP contribution in [0.4, 0.5) is 0 Å². The summed E-state index contributed by atoms with van der Waals surface area (Å²) in [6.07, 6.45) is 1.60. The van der Waals surface area contributed by atoms with Gasteiger partial charge in [0.05, 0.1) is 15.8 Å². The van der Waals surface area contributed by atoms with E-state index in [4.69, 9.17) is 21.8 Å². The third-order valence-corrected chi connectivity index (χ3v) is 3.95. The molecule has 2 N–H and O–H groups in total. The standard InChI is InChI=1S/C9H7BrClNOS/c10-5-1-3-13-8(5)7(12)9-6(11)2-4-14-9/h1-4,7H,12H2. The minimum Gasteiger partial charge on any atom is -0.466 e. The molecule has 0 saturated heterocycles. The van der Waals surface area contributed by atoms with Crippen LogP contribution >= 0.6 is 38.9 Å². The van der Waals surface area contributed by atoms with Gasteiger partial charge in [-0.25, -0.2) is 0 Å². The van der Waals surface area contributed by atoms with Crippen LogP contribution in [0.15, 0.2) is 32.7 Å². The van der Waals surface area contributed by atoms with Gasteiger partial charge in [0.1, 0.15) is 11.8 Å². The van der Waals surface area contributed by atoms with Gasteiger partial charge in [0.2, 0.25) is 0 Å². The Labute approximate surface area is 98.8 Å². The summed E-state index contributed by atoms with van der Waals surface area (Å²) in [6, 6.07) is 3.35. The molecule has 0 aliphatic heterocycles. The lowest BCUT2D eigenvalue weighted by Gasteiger charge is -2.07. The van der Waals surface area contributed by atoms with Crippen LogP contribution in [0.5, 0.6) is 0 Å². The molecule has 2 rings (SSSR count). The molecule has 0 bridgehead atoms. The number of thiophene rings is 1. The average molecular weight is 293 g/mol. The van der Waals surface area contributed by atoms with Gasteiger partial charge in [0.25, 0.3) is 0 Å². The number of halogens is 2. The number of hydrogen-bond donors (Lipinski definition) is 1. The van der Waals surface area contributed by atoms with Gasteiger partial charge in [-0.2, -0.15) is 0 Å². The van der Waals surface area contributed by atoms with Crippen molar-refractivity contribution < 1.29 is 4.42 Å². The highest BCUT2D eigenvalue weighted by atomic mass is 79.9. The Bertz CT molecular complexity index is 399. The summed E-state index contributed by atoms with van der Waals surface area (Å²) in [4.78, 5) is 0.919. The van der Waals surface area contributed by atoms with Crippen molar-refractivity contribution in [3.05, 3.63) is 43.9 Å². The van der Waals surface area contributed by atoms with Crippen molar-refractivity contribution in [2.24, 2.45) is 5.73 Å². The van der Waals surface area contributed by atoms with Gasteiger partial charge in [-0.05, 0) is 33.4 Å². The van der Waals surface area contributed by atoms with Crippen LogP contribution in [-0.2, 0) is 0 Å². The molecule has 0 aliphatic rings. The molecule has 2 heterocycles. The van der Waals surface area contributed by atoms with Gasteiger partial charge in [-0.1, -0.05) is 11.6 Å². The monoisotopic (exact) mass is 291 g/mol. The van der Waals surface area contributed by atoms with Crippen molar-refractivity contribution in [3.63, 3.8) is 0 Å². The van der Waals surface area contributed by atoms with Crippen molar-refractivity contribution in [1.29, 1.82) is 0 Å². The number of rotatable bonds is 2. The Hall–Kier alpha value is -0.290. The van der Waals surface area contributed by atoms with E-state index in [-0.39, 0.29) is 6.04 Å². The van der Waals surface area contributed by atoms with Crippen molar-refractivity contribution in [3.8, 4) is 0 Å². The van der Waals surface area contributed by atoms with Crippen molar-refractivity contribution in [2.45, 2.75) is 6.04 Å². The summed E-state index contributed by atoms with van der Waals surface area (Å²) in [6.45, 7) is 0. The van der Waals surface area contributed by atoms with Crippen LogP contribution in [0.3, 0.4) is 0 Å². The fourth-order valence-corrected chi connectivity index (χ4v) is 2.80. The maximum absolute atomic E-state index is 6.01. The summed E-state index contributed by atoms with van der Waals surface area (Å²) >= 11 is 10.9. The van der Waals surface area contributed by atoms with Gasteiger partial charge in [0.15, 0.2) is 0 Å². The zero-order valence-electron chi connectivity index (χ0n) is 7.04. The summed E-state index contributed by atoms with van der Waals surface area (Å²) in [5.74, 6) is 0.703. The first-order valence-corrected chi connectivity index (χ1v) is 5.96. The molecule has 14 heavy (non-hydrogen) atoms. The van der Waals surface area contributed by atoms with Crippen LogP contribution in [-0.4, -0.2) is 0 Å². The van der Waals surface area contributed by atoms with E-state index in [1.54, 1.807) is 6.26 Å². The van der Waals surface area contributed by atoms with Gasteiger partial charge < -0.3 is 10.2 Å². The first-order valence-electron chi connectivity index (χ1n) is 3.91. The van der Waals surface area contributed by atoms with E-state index in [0.717, 1.165) is 9.35 Å². The van der Waals surface area contributed by atoms with E-state index >= 15 is 0 Å². The third kappa shape index (κ3) is 1.75. The summed E-state index contributed by atoms with van der Waals surface area (Å²) in [5.41, 5.74) is 6.01. The van der Waals surface area contributed by atoms with Gasteiger partial charge in [-0.3, -0.25) is 0 Å². The second kappa shape index (κ2) is 4.06. The highest BCUT2D eigenvalue weighted by Gasteiger charge is 2.19. The van der Waals surface area contributed by atoms with Gasteiger partial charge in [0, 0.05) is 4.88 Å². The van der Waals surface area contributed by atoms with E-state index in [0.29, 0.717) is 10.8 Å². The fourth-order valence-electron chi connectivity index (χ4n) is 1.17. The number of furan rings is 1. The largest absolute Gasteiger partial charge is 0.466 e. The Morgan fingerprint density at radius 2 is 2.29 bits per heavy atom. The van der Waals surface area contributed by atoms with E-state index in [9.17, 15) is 0 Å². The molecule has 74 valence electrons. The summed E-state index contributed by atoms with van der Waals surface area (Å²) in [7, 11) is 0. The normalized spacial score (nSPS) is 13.1. The van der Waals surface area contributed by atoms with Crippen molar-refractivity contribution in [1.82, 2.24) is 0 Å². The molecule has 0 amide bonds. The molecule has 0 saturated carbocycles. The first-order chi connectivity index (χ1) is 6.70. The second-order valence-electron chi connectivity index (χ2n) is 2.74. The smallest absolute Gasteiger partial charge is 0.140 e. The van der Waals surface area contributed by atoms with Crippen LogP contribution in [0, 0.1) is 0 Å². The van der Waals surface area contributed by atoms with Crippen LogP contribution < -0.4 is 5.73 Å². The maximum Gasteiger partial charge on any atom is 0.140 e. The summed E-state index contributed by atoms with van der Waals surface area (Å²) < 4.78 is 6.15. The molecule has 1 atom stereocenters.